The Morgan fingerprint density at radius 3 is 0.802 bits per heavy atom. The van der Waals surface area contributed by atoms with E-state index in [-0.39, 0.29) is 0 Å². The Bertz CT molecular complexity index is 2520. The average molecular weight is 1140 g/mol. The van der Waals surface area contributed by atoms with Crippen LogP contribution in [0.4, 0.5) is 0 Å². The fraction of sp³-hybridized carbons (Fsp3) is 0.553. The standard InChI is InChI=1S/C76H111O3PS/c1-4-7-10-13-16-19-22-25-28-31-34-49-62-71-72(63-50-35-32-29-26-23-20-17-14-11-8-5-2)74(65-51-36-33-30-27-24-21-18-15-12-9-6-3)76(75-66-53-52-64-73(71)75)81(77,78)79-80(67-54-41-37-42-55-67,68-56-43-38-44-57-68,69-58-45-39-46-59-69)70-60-47-40-48-61-70/h37-48,52-61,64,66H,4-36,49-51,62-63,65H2,1-3H3. The molecule has 0 spiro atoms. The Hall–Kier alpha value is -4.08. The van der Waals surface area contributed by atoms with Crippen molar-refractivity contribution in [3.63, 3.8) is 0 Å². The number of rotatable bonds is 46. The van der Waals surface area contributed by atoms with Crippen LogP contribution in [0.15, 0.2) is 150 Å². The van der Waals surface area contributed by atoms with Crippen LogP contribution in [-0.2, 0) is 33.4 Å². The van der Waals surface area contributed by atoms with Crippen molar-refractivity contribution < 1.29 is 12.4 Å². The van der Waals surface area contributed by atoms with Crippen molar-refractivity contribution in [1.82, 2.24) is 0 Å². The molecule has 0 unspecified atom stereocenters. The molecule has 0 heterocycles. The molecule has 0 radical (unpaired) electrons. The third kappa shape index (κ3) is 19.5. The second kappa shape index (κ2) is 38.0. The number of hydrogen-bond donors (Lipinski definition) is 0. The monoisotopic (exact) mass is 1130 g/mol. The molecule has 0 aliphatic heterocycles. The maximum atomic E-state index is 17.0. The van der Waals surface area contributed by atoms with Crippen molar-refractivity contribution in [2.75, 3.05) is 0 Å². The number of aryl methyl sites for hydroxylation is 1. The molecule has 6 rings (SSSR count). The zero-order valence-electron chi connectivity index (χ0n) is 51.5. The topological polar surface area (TPSA) is 43.4 Å². The molecular weight excluding hydrogens is 1020 g/mol. The van der Waals surface area contributed by atoms with Gasteiger partial charge in [-0.25, -0.2) is 0 Å². The minimum absolute atomic E-state index is 0.404. The molecule has 0 saturated heterocycles. The summed E-state index contributed by atoms with van der Waals surface area (Å²) in [4.78, 5) is 0.404. The summed E-state index contributed by atoms with van der Waals surface area (Å²) in [6.07, 6.45) is 49.1. The molecule has 0 aromatic heterocycles. The zero-order chi connectivity index (χ0) is 57.0. The fourth-order valence-corrected chi connectivity index (χ4v) is 22.3. The molecule has 81 heavy (non-hydrogen) atoms. The molecule has 444 valence electrons. The van der Waals surface area contributed by atoms with Crippen molar-refractivity contribution in [3.8, 4) is 0 Å². The third-order valence-corrected chi connectivity index (χ3v) is 25.9. The molecule has 0 aliphatic carbocycles. The van der Waals surface area contributed by atoms with Gasteiger partial charge in [0.15, 0.2) is 0 Å². The van der Waals surface area contributed by atoms with Gasteiger partial charge in [-0.3, -0.25) is 0 Å². The van der Waals surface area contributed by atoms with Gasteiger partial charge in [-0.05, 0) is 0 Å². The van der Waals surface area contributed by atoms with Crippen molar-refractivity contribution in [3.05, 3.63) is 162 Å². The molecule has 0 bridgehead atoms. The van der Waals surface area contributed by atoms with Gasteiger partial charge in [0.2, 0.25) is 0 Å². The third-order valence-electron chi connectivity index (χ3n) is 17.8. The summed E-state index contributed by atoms with van der Waals surface area (Å²) in [5.41, 5.74) is 3.72. The van der Waals surface area contributed by atoms with Gasteiger partial charge in [-0.15, -0.1) is 0 Å². The number of hydrogen-bond acceptors (Lipinski definition) is 3. The van der Waals surface area contributed by atoms with Crippen molar-refractivity contribution in [2.24, 2.45) is 0 Å². The summed E-state index contributed by atoms with van der Waals surface area (Å²) < 4.78 is 41.9. The van der Waals surface area contributed by atoms with E-state index in [0.717, 1.165) is 82.5 Å². The van der Waals surface area contributed by atoms with Crippen LogP contribution in [0.5, 0.6) is 0 Å². The summed E-state index contributed by atoms with van der Waals surface area (Å²) >= 11 is 0. The quantitative estimate of drug-likeness (QED) is 0.0283. The van der Waals surface area contributed by atoms with E-state index in [2.05, 4.69) is 93.6 Å². The molecule has 0 fully saturated rings. The van der Waals surface area contributed by atoms with E-state index in [4.69, 9.17) is 3.97 Å². The first-order chi connectivity index (χ1) is 39.9. The molecule has 3 nitrogen and oxygen atoms in total. The number of fused-ring (bicyclic) bond motifs is 1. The molecule has 0 atom stereocenters. The van der Waals surface area contributed by atoms with E-state index in [1.54, 1.807) is 0 Å². The SMILES string of the molecule is CCCCCCCCCCCCCCc1c(CCCCCCCCCCCCCC)c(S(=O)(=O)OP(c2ccccc2)(c2ccccc2)(c2ccccc2)c2ccccc2)c2ccccc2c1CCCCCCCCCCCCCC. The second-order valence-electron chi connectivity index (χ2n) is 24.1. The van der Waals surface area contributed by atoms with Crippen LogP contribution >= 0.6 is 6.83 Å². The van der Waals surface area contributed by atoms with Gasteiger partial charge in [-0.1, -0.05) is 136 Å². The van der Waals surface area contributed by atoms with Crippen LogP contribution in [0.1, 0.15) is 269 Å². The Balaban J connectivity index is 1.42. The van der Waals surface area contributed by atoms with Gasteiger partial charge in [0.1, 0.15) is 0 Å². The molecule has 6 aromatic rings. The van der Waals surface area contributed by atoms with Gasteiger partial charge in [0.25, 0.3) is 0 Å². The molecule has 0 N–H and O–H groups in total. The van der Waals surface area contributed by atoms with Crippen LogP contribution in [0.2, 0.25) is 0 Å². The normalized spacial score (nSPS) is 12.5. The van der Waals surface area contributed by atoms with E-state index >= 15 is 8.42 Å². The Morgan fingerprint density at radius 1 is 0.272 bits per heavy atom. The molecule has 5 heteroatoms. The number of benzene rings is 6. The van der Waals surface area contributed by atoms with Gasteiger partial charge in [0, 0.05) is 0 Å². The van der Waals surface area contributed by atoms with Crippen LogP contribution in [0.3, 0.4) is 0 Å². The molecule has 6 aromatic carbocycles. The van der Waals surface area contributed by atoms with E-state index in [9.17, 15) is 0 Å². The Morgan fingerprint density at radius 2 is 0.506 bits per heavy atom. The van der Waals surface area contributed by atoms with Crippen LogP contribution in [-0.4, -0.2) is 8.42 Å². The van der Waals surface area contributed by atoms with E-state index in [1.807, 2.05) is 72.8 Å². The summed E-state index contributed by atoms with van der Waals surface area (Å²) in [5, 5.41) is 5.36. The molecule has 0 amide bonds. The maximum absolute atomic E-state index is 17.0. The minimum atomic E-state index is -4.63. The Labute approximate surface area is 496 Å². The number of unbranched alkanes of at least 4 members (excludes halogenated alkanes) is 33. The Kier molecular flexibility index (Phi) is 31.0. The van der Waals surface area contributed by atoms with Crippen molar-refractivity contribution in [1.29, 1.82) is 0 Å². The van der Waals surface area contributed by atoms with Gasteiger partial charge < -0.3 is 0 Å². The summed E-state index contributed by atoms with van der Waals surface area (Å²) in [6, 6.07) is 50.0. The summed E-state index contributed by atoms with van der Waals surface area (Å²) in [7, 11) is -4.58. The van der Waals surface area contributed by atoms with Gasteiger partial charge >= 0.3 is 363 Å². The zero-order valence-corrected chi connectivity index (χ0v) is 53.2. The van der Waals surface area contributed by atoms with Gasteiger partial charge in [-0.2, -0.15) is 0 Å². The smallest absolute Gasteiger partial charge is 0.0654 e. The van der Waals surface area contributed by atoms with Crippen LogP contribution in [0.25, 0.3) is 10.8 Å². The van der Waals surface area contributed by atoms with Crippen molar-refractivity contribution >= 4 is 48.9 Å². The van der Waals surface area contributed by atoms with E-state index in [1.165, 1.54) is 217 Å². The second-order valence-corrected chi connectivity index (χ2v) is 30.2. The predicted molar refractivity (Wildman–Crippen MR) is 358 cm³/mol. The fourth-order valence-electron chi connectivity index (χ4n) is 13.3. The summed E-state index contributed by atoms with van der Waals surface area (Å²) in [5.74, 6) is 0. The molecule has 0 aliphatic rings. The minimum Gasteiger partial charge on any atom is -0.0654 e. The van der Waals surface area contributed by atoms with E-state index < -0.39 is 16.9 Å². The van der Waals surface area contributed by atoms with Gasteiger partial charge in [0.05, 0.1) is 0 Å². The predicted octanol–water partition coefficient (Wildman–Crippen LogP) is 22.0. The average Bonchev–Trinajstić information content (AvgIpc) is 3.13. The first-order valence-corrected chi connectivity index (χ1v) is 37.2. The molecule has 0 saturated carbocycles. The first kappa shape index (κ1) is 66.1. The van der Waals surface area contributed by atoms with Crippen LogP contribution < -0.4 is 21.2 Å². The summed E-state index contributed by atoms with van der Waals surface area (Å²) in [6.45, 7) is 2.27. The van der Waals surface area contributed by atoms with E-state index in [0.29, 0.717) is 4.90 Å². The van der Waals surface area contributed by atoms with Crippen LogP contribution in [0, 0.1) is 0 Å². The molecular formula is C76H111O3PS. The first-order valence-electron chi connectivity index (χ1n) is 33.7. The van der Waals surface area contributed by atoms with Crippen molar-refractivity contribution in [2.45, 2.75) is 276 Å².